The molecule has 26 heavy (non-hydrogen) atoms. The van der Waals surface area contributed by atoms with E-state index >= 15 is 0 Å². The monoisotopic (exact) mass is 413 g/mol. The SMILES string of the molecule is O=C(OCCSc1ccc([N+](=O)[O-])c2nonc12)c1ccc(Cl)cc1Cl. The molecular weight excluding hydrogens is 405 g/mol. The Bertz CT molecular complexity index is 995. The number of thioether (sulfide) groups is 1. The van der Waals surface area contributed by atoms with Gasteiger partial charge in [0.15, 0.2) is 5.52 Å². The number of esters is 1. The van der Waals surface area contributed by atoms with Gasteiger partial charge in [-0.2, -0.15) is 0 Å². The van der Waals surface area contributed by atoms with Crippen molar-refractivity contribution in [3.8, 4) is 0 Å². The molecule has 0 fully saturated rings. The van der Waals surface area contributed by atoms with Crippen molar-refractivity contribution in [2.75, 3.05) is 12.4 Å². The summed E-state index contributed by atoms with van der Waals surface area (Å²) in [6.45, 7) is 0.103. The Morgan fingerprint density at radius 2 is 2.00 bits per heavy atom. The summed E-state index contributed by atoms with van der Waals surface area (Å²) < 4.78 is 9.76. The molecule has 0 aliphatic rings. The van der Waals surface area contributed by atoms with Gasteiger partial charge < -0.3 is 4.74 Å². The van der Waals surface area contributed by atoms with Gasteiger partial charge in [0.1, 0.15) is 6.61 Å². The van der Waals surface area contributed by atoms with Gasteiger partial charge in [-0.05, 0) is 34.6 Å². The van der Waals surface area contributed by atoms with Crippen LogP contribution >= 0.6 is 35.0 Å². The van der Waals surface area contributed by atoms with Crippen LogP contribution in [0.5, 0.6) is 0 Å². The van der Waals surface area contributed by atoms with Gasteiger partial charge in [-0.15, -0.1) is 11.8 Å². The number of aromatic nitrogens is 2. The van der Waals surface area contributed by atoms with Crippen molar-refractivity contribution < 1.29 is 19.1 Å². The molecule has 2 aromatic carbocycles. The Balaban J connectivity index is 1.61. The lowest BCUT2D eigenvalue weighted by Crippen LogP contribution is -2.08. The van der Waals surface area contributed by atoms with E-state index in [0.717, 1.165) is 0 Å². The smallest absolute Gasteiger partial charge is 0.339 e. The first kappa shape index (κ1) is 18.4. The first-order chi connectivity index (χ1) is 12.5. The van der Waals surface area contributed by atoms with Crippen molar-refractivity contribution >= 4 is 57.7 Å². The summed E-state index contributed by atoms with van der Waals surface area (Å²) in [4.78, 5) is 23.0. The highest BCUT2D eigenvalue weighted by atomic mass is 35.5. The molecule has 0 saturated carbocycles. The fourth-order valence-electron chi connectivity index (χ4n) is 2.11. The number of nitro groups is 1. The van der Waals surface area contributed by atoms with Crippen molar-refractivity contribution in [1.82, 2.24) is 10.3 Å². The van der Waals surface area contributed by atoms with Crippen LogP contribution in [0.25, 0.3) is 11.0 Å². The summed E-state index contributed by atoms with van der Waals surface area (Å²) >= 11 is 13.0. The minimum absolute atomic E-state index is 0.0740. The van der Waals surface area contributed by atoms with Gasteiger partial charge in [0.05, 0.1) is 15.5 Å². The normalized spacial score (nSPS) is 10.8. The molecule has 0 N–H and O–H groups in total. The Labute approximate surface area is 160 Å². The molecule has 0 atom stereocenters. The van der Waals surface area contributed by atoms with Gasteiger partial charge in [-0.3, -0.25) is 10.1 Å². The van der Waals surface area contributed by atoms with Crippen molar-refractivity contribution in [2.24, 2.45) is 0 Å². The van der Waals surface area contributed by atoms with Crippen LogP contribution in [0.3, 0.4) is 0 Å². The lowest BCUT2D eigenvalue weighted by Gasteiger charge is -2.06. The van der Waals surface area contributed by atoms with Gasteiger partial charge in [0.2, 0.25) is 5.52 Å². The Hall–Kier alpha value is -2.36. The number of nitrogens with zero attached hydrogens (tertiary/aromatic N) is 3. The molecule has 8 nitrogen and oxygen atoms in total. The number of benzene rings is 2. The Morgan fingerprint density at radius 1 is 1.23 bits per heavy atom. The van der Waals surface area contributed by atoms with Crippen molar-refractivity contribution in [1.29, 1.82) is 0 Å². The van der Waals surface area contributed by atoms with E-state index in [1.54, 1.807) is 12.1 Å². The number of carbonyl (C=O) groups is 1. The van der Waals surface area contributed by atoms with Crippen molar-refractivity contribution in [2.45, 2.75) is 4.90 Å². The predicted octanol–water partition coefficient (Wildman–Crippen LogP) is 4.39. The van der Waals surface area contributed by atoms with Gasteiger partial charge in [-0.25, -0.2) is 9.42 Å². The number of rotatable bonds is 6. The zero-order valence-corrected chi connectivity index (χ0v) is 15.2. The van der Waals surface area contributed by atoms with Crippen LogP contribution in [-0.4, -0.2) is 33.6 Å². The maximum Gasteiger partial charge on any atom is 0.339 e. The minimum Gasteiger partial charge on any atom is -0.461 e. The number of hydrogen-bond acceptors (Lipinski definition) is 8. The molecule has 0 bridgehead atoms. The summed E-state index contributed by atoms with van der Waals surface area (Å²) in [5.74, 6) is -0.166. The topological polar surface area (TPSA) is 108 Å². The van der Waals surface area contributed by atoms with Crippen LogP contribution in [0, 0.1) is 10.1 Å². The highest BCUT2D eigenvalue weighted by molar-refractivity contribution is 7.99. The van der Waals surface area contributed by atoms with Crippen LogP contribution < -0.4 is 0 Å². The summed E-state index contributed by atoms with van der Waals surface area (Å²) in [7, 11) is 0. The molecule has 0 aliphatic heterocycles. The Morgan fingerprint density at radius 3 is 2.73 bits per heavy atom. The first-order valence-electron chi connectivity index (χ1n) is 7.12. The van der Waals surface area contributed by atoms with E-state index in [1.165, 1.54) is 30.0 Å². The molecule has 1 heterocycles. The fourth-order valence-corrected chi connectivity index (χ4v) is 3.42. The van der Waals surface area contributed by atoms with E-state index in [0.29, 0.717) is 15.7 Å². The third-order valence-corrected chi connectivity index (χ3v) is 4.84. The number of nitro benzene ring substituents is 1. The van der Waals surface area contributed by atoms with Crippen LogP contribution in [-0.2, 0) is 4.74 Å². The van der Waals surface area contributed by atoms with Crippen molar-refractivity contribution in [3.63, 3.8) is 0 Å². The van der Waals surface area contributed by atoms with Crippen LogP contribution in [0.4, 0.5) is 5.69 Å². The van der Waals surface area contributed by atoms with E-state index in [2.05, 4.69) is 14.9 Å². The lowest BCUT2D eigenvalue weighted by atomic mass is 10.2. The zero-order valence-electron chi connectivity index (χ0n) is 12.8. The molecular formula is C15H9Cl2N3O5S. The second-order valence-corrected chi connectivity index (χ2v) is 6.89. The van der Waals surface area contributed by atoms with Gasteiger partial charge in [0, 0.05) is 21.7 Å². The Kier molecular flexibility index (Phi) is 5.60. The standard InChI is InChI=1S/C15H9Cl2N3O5S/c16-8-1-2-9(10(17)7-8)15(21)24-5-6-26-12-4-3-11(20(22)23)13-14(12)19-25-18-13/h1-4,7H,5-6H2. The van der Waals surface area contributed by atoms with E-state index < -0.39 is 10.9 Å². The quantitative estimate of drug-likeness (QED) is 0.192. The predicted molar refractivity (Wildman–Crippen MR) is 95.9 cm³/mol. The van der Waals surface area contributed by atoms with E-state index in [1.807, 2.05) is 0 Å². The van der Waals surface area contributed by atoms with E-state index in [-0.39, 0.29) is 33.9 Å². The number of fused-ring (bicyclic) bond motifs is 1. The van der Waals surface area contributed by atoms with E-state index in [9.17, 15) is 14.9 Å². The first-order valence-corrected chi connectivity index (χ1v) is 8.86. The summed E-state index contributed by atoms with van der Waals surface area (Å²) in [5.41, 5.74) is 0.398. The average Bonchev–Trinajstić information content (AvgIpc) is 3.08. The zero-order chi connectivity index (χ0) is 18.7. The fraction of sp³-hybridized carbons (Fsp3) is 0.133. The molecule has 1 aromatic heterocycles. The summed E-state index contributed by atoms with van der Waals surface area (Å²) in [5, 5.41) is 18.8. The third-order valence-electron chi connectivity index (χ3n) is 3.28. The van der Waals surface area contributed by atoms with Gasteiger partial charge >= 0.3 is 11.7 Å². The maximum absolute atomic E-state index is 12.0. The molecule has 3 aromatic rings. The number of hydrogen-bond donors (Lipinski definition) is 0. The lowest BCUT2D eigenvalue weighted by molar-refractivity contribution is -0.383. The number of non-ortho nitro benzene ring substituents is 1. The van der Waals surface area contributed by atoms with Crippen molar-refractivity contribution in [3.05, 3.63) is 56.1 Å². The third kappa shape index (κ3) is 3.90. The molecule has 0 unspecified atom stereocenters. The van der Waals surface area contributed by atoms with Gasteiger partial charge in [-0.1, -0.05) is 23.2 Å². The molecule has 0 saturated heterocycles. The second-order valence-electron chi connectivity index (χ2n) is 4.91. The number of halogens is 2. The molecule has 11 heteroatoms. The molecule has 134 valence electrons. The molecule has 3 rings (SSSR count). The largest absolute Gasteiger partial charge is 0.461 e. The van der Waals surface area contributed by atoms with E-state index in [4.69, 9.17) is 27.9 Å². The van der Waals surface area contributed by atoms with Gasteiger partial charge in [0.25, 0.3) is 0 Å². The maximum atomic E-state index is 12.0. The summed E-state index contributed by atoms with van der Waals surface area (Å²) in [6.07, 6.45) is 0. The average molecular weight is 414 g/mol. The molecule has 0 spiro atoms. The minimum atomic E-state index is -0.566. The highest BCUT2D eigenvalue weighted by Crippen LogP contribution is 2.31. The number of ether oxygens (including phenoxy) is 1. The molecule has 0 aliphatic carbocycles. The second kappa shape index (κ2) is 7.90. The highest BCUT2D eigenvalue weighted by Gasteiger charge is 2.20. The summed E-state index contributed by atoms with van der Waals surface area (Å²) in [6, 6.07) is 7.37. The number of carbonyl (C=O) groups excluding carboxylic acids is 1. The van der Waals surface area contributed by atoms with Crippen LogP contribution in [0.2, 0.25) is 10.0 Å². The molecule has 0 amide bonds. The van der Waals surface area contributed by atoms with Crippen LogP contribution in [0.15, 0.2) is 39.9 Å². The van der Waals surface area contributed by atoms with Crippen LogP contribution in [0.1, 0.15) is 10.4 Å². The molecule has 0 radical (unpaired) electrons.